The molecule has 3 atom stereocenters. The minimum absolute atomic E-state index is 0. The van der Waals surface area contributed by atoms with Crippen molar-refractivity contribution in [1.29, 1.82) is 0 Å². The van der Waals surface area contributed by atoms with Gasteiger partial charge in [-0.05, 0) is 179 Å². The summed E-state index contributed by atoms with van der Waals surface area (Å²) < 4.78 is 9.26. The lowest BCUT2D eigenvalue weighted by Crippen LogP contribution is -2.32. The molecule has 25 nitrogen and oxygen atoms in total. The number of halogens is 1. The number of amides is 3. The predicted molar refractivity (Wildman–Crippen MR) is 477 cm³/mol. The van der Waals surface area contributed by atoms with Crippen LogP contribution in [0.3, 0.4) is 0 Å². The summed E-state index contributed by atoms with van der Waals surface area (Å²) >= 11 is 6.37. The Labute approximate surface area is 709 Å². The third kappa shape index (κ3) is 17.7. The highest BCUT2D eigenvalue weighted by atomic mass is 35.5. The monoisotopic (exact) mass is 1640 g/mol. The average Bonchev–Trinajstić information content (AvgIpc) is 1.09. The number of carbonyl (C=O) groups excluding carboxylic acids is 4. The van der Waals surface area contributed by atoms with Gasteiger partial charge in [0, 0.05) is 115 Å². The molecule has 0 spiro atoms. The highest BCUT2D eigenvalue weighted by Crippen LogP contribution is 2.33. The van der Waals surface area contributed by atoms with Crippen LogP contribution in [0.1, 0.15) is 175 Å². The van der Waals surface area contributed by atoms with Crippen LogP contribution in [0.25, 0.3) is 66.3 Å². The largest absolute Gasteiger partial charge is 0.381 e. The second kappa shape index (κ2) is 37.5. The Bertz CT molecular complexity index is 6570. The zero-order chi connectivity index (χ0) is 84.4. The topological polar surface area (TPSA) is 339 Å². The van der Waals surface area contributed by atoms with Crippen LogP contribution in [-0.4, -0.2) is 89.9 Å². The number of nitrogen functional groups attached to an aromatic ring is 3. The van der Waals surface area contributed by atoms with Crippen molar-refractivity contribution >= 4 is 111 Å². The lowest BCUT2D eigenvalue weighted by atomic mass is 9.86. The fourth-order valence-electron chi connectivity index (χ4n) is 14.8. The van der Waals surface area contributed by atoms with Crippen LogP contribution in [0.15, 0.2) is 234 Å². The number of nitrogens with one attached hydrogen (secondary N) is 3. The lowest BCUT2D eigenvalue weighted by molar-refractivity contribution is -0.113. The van der Waals surface area contributed by atoms with Crippen molar-refractivity contribution in [3.63, 3.8) is 0 Å². The van der Waals surface area contributed by atoms with Crippen LogP contribution >= 0.6 is 11.6 Å². The molecular weight excluding hydrogens is 1550 g/mol. The molecule has 19 rings (SSSR count). The lowest BCUT2D eigenvalue weighted by Gasteiger charge is -2.21. The molecule has 4 aliphatic carbocycles. The fraction of sp³-hybridized carbons (Fsp3) is 0.232. The molecule has 122 heavy (non-hydrogen) atoms. The van der Waals surface area contributed by atoms with E-state index in [0.717, 1.165) is 66.7 Å². The van der Waals surface area contributed by atoms with Crippen molar-refractivity contribution < 1.29 is 19.2 Å². The molecule has 3 amide bonds. The van der Waals surface area contributed by atoms with Gasteiger partial charge in [0.1, 0.15) is 23.0 Å². The number of nitrogens with two attached hydrogens (primary N) is 3. The summed E-state index contributed by atoms with van der Waals surface area (Å²) in [6.45, 7) is 5.48. The third-order valence-electron chi connectivity index (χ3n) is 22.3. The third-order valence-corrected chi connectivity index (χ3v) is 22.6. The zero-order valence-electron chi connectivity index (χ0n) is 67.4. The molecule has 9 N–H and O–H groups in total. The van der Waals surface area contributed by atoms with E-state index in [4.69, 9.17) is 35.2 Å². The number of carbonyl (C=O) groups is 4. The van der Waals surface area contributed by atoms with Gasteiger partial charge in [0.15, 0.2) is 34.4 Å². The van der Waals surface area contributed by atoms with Crippen LogP contribution in [0.4, 0.5) is 17.5 Å². The normalized spacial score (nSPS) is 14.2. The highest BCUT2D eigenvalue weighted by molar-refractivity contribution is 6.35. The summed E-state index contributed by atoms with van der Waals surface area (Å²) in [5, 5.41) is 25.6. The fourth-order valence-corrected chi connectivity index (χ4v) is 15.1. The number of para-hydroxylation sites is 3. The van der Waals surface area contributed by atoms with Gasteiger partial charge in [-0.3, -0.25) is 42.5 Å². The highest BCUT2D eigenvalue weighted by Gasteiger charge is 2.29. The van der Waals surface area contributed by atoms with E-state index >= 15 is 0 Å². The summed E-state index contributed by atoms with van der Waals surface area (Å²) in [7, 11) is 0. The second-order valence-corrected chi connectivity index (χ2v) is 30.7. The summed E-state index contributed by atoms with van der Waals surface area (Å²) in [6.07, 6.45) is 30.2. The molecule has 6 aromatic carbocycles. The Kier molecular flexibility index (Phi) is 25.8. The van der Waals surface area contributed by atoms with E-state index in [9.17, 15) is 33.6 Å². The van der Waals surface area contributed by atoms with Crippen LogP contribution < -0.4 is 49.8 Å². The van der Waals surface area contributed by atoms with Crippen molar-refractivity contribution in [2.24, 2.45) is 23.7 Å². The van der Waals surface area contributed by atoms with Crippen molar-refractivity contribution in [2.75, 3.05) is 17.2 Å². The Balaban J connectivity index is 0.000000139. The number of terminal acetylenes is 1. The van der Waals surface area contributed by atoms with Gasteiger partial charge in [-0.1, -0.05) is 152 Å². The van der Waals surface area contributed by atoms with Crippen LogP contribution in [0.5, 0.6) is 0 Å². The molecule has 4 fully saturated rings. The minimum Gasteiger partial charge on any atom is -0.381 e. The van der Waals surface area contributed by atoms with E-state index in [1.165, 1.54) is 52.1 Å². The van der Waals surface area contributed by atoms with Crippen LogP contribution in [0, 0.1) is 59.7 Å². The minimum atomic E-state index is -0.549. The van der Waals surface area contributed by atoms with Gasteiger partial charge in [-0.25, -0.2) is 28.5 Å². The number of nitrogens with zero attached hydrogens (tertiary/aromatic N) is 12. The molecule has 0 saturated heterocycles. The molecular formula is C95H87BClN18O7. The van der Waals surface area contributed by atoms with E-state index in [2.05, 4.69) is 75.8 Å². The second-order valence-electron chi connectivity index (χ2n) is 30.3. The first-order valence-corrected chi connectivity index (χ1v) is 40.7. The molecule has 609 valence electrons. The van der Waals surface area contributed by atoms with Crippen molar-refractivity contribution in [3.8, 4) is 53.1 Å². The molecule has 15 aromatic rings. The number of hydrogen-bond donors (Lipinski definition) is 6. The maximum Gasteiger partial charge on any atom is 0.264 e. The Morgan fingerprint density at radius 3 is 1.05 bits per heavy atom. The van der Waals surface area contributed by atoms with E-state index in [-0.39, 0.29) is 59.2 Å². The van der Waals surface area contributed by atoms with Crippen molar-refractivity contribution in [1.82, 2.24) is 73.4 Å². The number of aldehydes is 1. The molecule has 0 aliphatic heterocycles. The summed E-state index contributed by atoms with van der Waals surface area (Å²) in [5.41, 5.74) is 24.5. The number of hydrogen-bond acceptors (Lipinski definition) is 16. The van der Waals surface area contributed by atoms with Gasteiger partial charge in [0.2, 0.25) is 0 Å². The quantitative estimate of drug-likeness (QED) is 0.0355. The number of anilines is 3. The Morgan fingerprint density at radius 2 is 0.762 bits per heavy atom. The van der Waals surface area contributed by atoms with E-state index in [0.29, 0.717) is 101 Å². The molecule has 0 unspecified atom stereocenters. The first-order valence-electron chi connectivity index (χ1n) is 40.4. The number of fused-ring (bicyclic) bond motifs is 6. The van der Waals surface area contributed by atoms with E-state index < -0.39 is 35.8 Å². The van der Waals surface area contributed by atoms with Gasteiger partial charge in [0.05, 0.1) is 39.3 Å². The summed E-state index contributed by atoms with van der Waals surface area (Å²) in [4.78, 5) is 104. The number of benzene rings is 6. The standard InChI is InChI=1S/2C30H26N6O2.C24H19ClN6O2.C6H8.C5H8O.B/c2*1-19(33-29(37)26-27(31)34-35-17-7-16-32-28(26)35)24-18-22-11-6-10-21(15-14-20-8-5-9-20)25(22)30(38)36(24)23-12-3-2-4-13-23;1-14(28-23(32)20-21(26)29-30-12-6-11-27-22(20)30)18-13-15-7-5-10-17(25)19(15)24(33)31(18)16-8-3-2-4-9-16;1-2-6-4-3-5-6;6-4-5-2-1-3-5;/h2*2-4,6-7,10-13,16-20H,5,8-9H2,1H3,(H2,31,34)(H,33,37);2-14H,1H3,(H2,26,29)(H,28,32);1,6H,3-5H2;4-5H,1-3H2;/t2*19-;14-;;;/m000.../s1. The summed E-state index contributed by atoms with van der Waals surface area (Å²) in [6, 6.07) is 54.0. The predicted octanol–water partition coefficient (Wildman–Crippen LogP) is 14.3. The smallest absolute Gasteiger partial charge is 0.264 e. The first-order chi connectivity index (χ1) is 58.8. The molecule has 9 heterocycles. The van der Waals surface area contributed by atoms with Crippen molar-refractivity contribution in [2.45, 2.75) is 116 Å². The van der Waals surface area contributed by atoms with E-state index in [1.807, 2.05) is 166 Å². The maximum absolute atomic E-state index is 14.1. The van der Waals surface area contributed by atoms with Gasteiger partial charge >= 0.3 is 0 Å². The average molecular weight is 1640 g/mol. The molecule has 0 bridgehead atoms. The first kappa shape index (κ1) is 83.8. The number of aromatic nitrogens is 12. The maximum atomic E-state index is 14.1. The Morgan fingerprint density at radius 1 is 0.443 bits per heavy atom. The zero-order valence-corrected chi connectivity index (χ0v) is 68.1. The molecule has 4 aliphatic rings. The number of pyridine rings is 3. The Hall–Kier alpha value is -14.7. The SMILES string of the molecule is C#CC1CCC1.C[C@H](NC(=O)c1c(N)nn2cccnc12)c1cc2cccc(C#CC3CCC3)c2c(=O)n1-c1ccccc1.C[C@H](NC(=O)c1c(N)nn2cccnc12)c1cc2cccc(C#CC3CCC3)c2c(=O)n1-c1ccccc1.C[C@H](NC(=O)c1c(N)nn2cccnc12)c1cc2cccc(Cl)c2c(=O)n1-c1ccccc1.O=CC1CCC1.[B]. The van der Waals surface area contributed by atoms with Gasteiger partial charge < -0.3 is 37.9 Å². The molecule has 9 aromatic heterocycles. The molecule has 3 radical (unpaired) electrons. The van der Waals surface area contributed by atoms with E-state index in [1.54, 1.807) is 88.1 Å². The number of rotatable bonds is 13. The van der Waals surface area contributed by atoms with Gasteiger partial charge in [-0.2, -0.15) is 0 Å². The molecule has 4 saturated carbocycles. The molecule has 27 heteroatoms. The summed E-state index contributed by atoms with van der Waals surface area (Å²) in [5.74, 6) is 16.7. The van der Waals surface area contributed by atoms with Crippen molar-refractivity contribution in [3.05, 3.63) is 300 Å². The van der Waals surface area contributed by atoms with Gasteiger partial charge in [0.25, 0.3) is 34.4 Å². The van der Waals surface area contributed by atoms with Gasteiger partial charge in [-0.15, -0.1) is 27.6 Å². The van der Waals surface area contributed by atoms with Crippen LogP contribution in [0.2, 0.25) is 5.02 Å². The van der Waals surface area contributed by atoms with Crippen LogP contribution in [-0.2, 0) is 4.79 Å².